The first-order valence-corrected chi connectivity index (χ1v) is 6.74. The van der Waals surface area contributed by atoms with E-state index in [1.54, 1.807) is 13.3 Å². The van der Waals surface area contributed by atoms with Crippen LogP contribution in [0.3, 0.4) is 0 Å². The Morgan fingerprint density at radius 2 is 2.25 bits per heavy atom. The summed E-state index contributed by atoms with van der Waals surface area (Å²) in [6.45, 7) is 4.76. The summed E-state index contributed by atoms with van der Waals surface area (Å²) in [5.41, 5.74) is 1.46. The maximum absolute atomic E-state index is 11.7. The van der Waals surface area contributed by atoms with Crippen molar-refractivity contribution in [2.24, 2.45) is 0 Å². The second-order valence-corrected chi connectivity index (χ2v) is 4.98. The van der Waals surface area contributed by atoms with Crippen LogP contribution < -0.4 is 5.56 Å². The van der Waals surface area contributed by atoms with Crippen molar-refractivity contribution < 1.29 is 4.74 Å². The average molecular weight is 276 g/mol. The van der Waals surface area contributed by atoms with E-state index < -0.39 is 0 Å². The monoisotopic (exact) mass is 276 g/mol. The van der Waals surface area contributed by atoms with Gasteiger partial charge in [-0.05, 0) is 26.7 Å². The molecule has 108 valence electrons. The van der Waals surface area contributed by atoms with Crippen molar-refractivity contribution in [1.82, 2.24) is 19.7 Å². The molecule has 0 aliphatic heterocycles. The summed E-state index contributed by atoms with van der Waals surface area (Å²) in [5, 5.41) is 4.26. The first kappa shape index (κ1) is 14.5. The van der Waals surface area contributed by atoms with Crippen LogP contribution in [-0.4, -0.2) is 33.5 Å². The summed E-state index contributed by atoms with van der Waals surface area (Å²) < 4.78 is 6.85. The molecule has 0 radical (unpaired) electrons. The molecule has 0 bridgehead atoms. The van der Waals surface area contributed by atoms with Crippen molar-refractivity contribution in [3.05, 3.63) is 34.5 Å². The molecule has 0 aliphatic rings. The number of hydrogen-bond donors (Lipinski definition) is 1. The van der Waals surface area contributed by atoms with Gasteiger partial charge in [-0.15, -0.1) is 0 Å². The standard InChI is InChI=1S/C14H20N4O2/c1-10(2)18-9-11(8-15-18)14-16-12(5-4-6-20-3)7-13(19)17-14/h7-10H,4-6H2,1-3H3,(H,16,17,19). The first-order chi connectivity index (χ1) is 9.60. The molecule has 0 unspecified atom stereocenters. The number of methoxy groups -OCH3 is 1. The van der Waals surface area contributed by atoms with Gasteiger partial charge in [0.1, 0.15) is 5.82 Å². The van der Waals surface area contributed by atoms with E-state index in [-0.39, 0.29) is 11.6 Å². The van der Waals surface area contributed by atoms with Crippen molar-refractivity contribution in [3.63, 3.8) is 0 Å². The summed E-state index contributed by atoms with van der Waals surface area (Å²) in [5.74, 6) is 0.566. The average Bonchev–Trinajstić information content (AvgIpc) is 2.88. The summed E-state index contributed by atoms with van der Waals surface area (Å²) >= 11 is 0. The topological polar surface area (TPSA) is 72.8 Å². The third-order valence-electron chi connectivity index (χ3n) is 2.98. The van der Waals surface area contributed by atoms with E-state index in [0.29, 0.717) is 12.4 Å². The Bertz CT molecular complexity index is 616. The second-order valence-electron chi connectivity index (χ2n) is 4.98. The highest BCUT2D eigenvalue weighted by atomic mass is 16.5. The van der Waals surface area contributed by atoms with Crippen LogP contribution >= 0.6 is 0 Å². The molecule has 2 rings (SSSR count). The Morgan fingerprint density at radius 3 is 2.90 bits per heavy atom. The number of ether oxygens (including phenoxy) is 1. The van der Waals surface area contributed by atoms with Crippen LogP contribution in [0.15, 0.2) is 23.3 Å². The quantitative estimate of drug-likeness (QED) is 0.816. The number of hydrogen-bond acceptors (Lipinski definition) is 4. The van der Waals surface area contributed by atoms with Gasteiger partial charge in [-0.1, -0.05) is 0 Å². The fraction of sp³-hybridized carbons (Fsp3) is 0.500. The zero-order valence-electron chi connectivity index (χ0n) is 12.1. The lowest BCUT2D eigenvalue weighted by Crippen LogP contribution is -2.10. The van der Waals surface area contributed by atoms with Gasteiger partial charge >= 0.3 is 0 Å². The Morgan fingerprint density at radius 1 is 1.45 bits per heavy atom. The fourth-order valence-corrected chi connectivity index (χ4v) is 1.91. The highest BCUT2D eigenvalue weighted by molar-refractivity contribution is 5.51. The molecule has 0 fully saturated rings. The van der Waals surface area contributed by atoms with Gasteiger partial charge in [0.25, 0.3) is 5.56 Å². The lowest BCUT2D eigenvalue weighted by Gasteiger charge is -2.04. The predicted molar refractivity (Wildman–Crippen MR) is 76.7 cm³/mol. The Labute approximate surface area is 117 Å². The number of nitrogens with zero attached hydrogens (tertiary/aromatic N) is 3. The minimum Gasteiger partial charge on any atom is -0.385 e. The number of rotatable bonds is 6. The van der Waals surface area contributed by atoms with E-state index in [4.69, 9.17) is 4.74 Å². The van der Waals surface area contributed by atoms with Gasteiger partial charge in [0.15, 0.2) is 0 Å². The normalized spacial score (nSPS) is 11.2. The molecular weight excluding hydrogens is 256 g/mol. The van der Waals surface area contributed by atoms with E-state index in [2.05, 4.69) is 15.1 Å². The zero-order chi connectivity index (χ0) is 14.5. The molecule has 2 aromatic rings. The minimum absolute atomic E-state index is 0.139. The SMILES string of the molecule is COCCCc1cc(=O)[nH]c(-c2cnn(C(C)C)c2)n1. The number of aromatic amines is 1. The molecule has 0 aromatic carbocycles. The molecular formula is C14H20N4O2. The van der Waals surface area contributed by atoms with Gasteiger partial charge in [0.05, 0.1) is 11.8 Å². The van der Waals surface area contributed by atoms with Crippen LogP contribution in [0.5, 0.6) is 0 Å². The van der Waals surface area contributed by atoms with Crippen LogP contribution in [0.2, 0.25) is 0 Å². The van der Waals surface area contributed by atoms with Crippen LogP contribution in [0.4, 0.5) is 0 Å². The third-order valence-corrected chi connectivity index (χ3v) is 2.98. The van der Waals surface area contributed by atoms with Gasteiger partial charge in [-0.2, -0.15) is 5.10 Å². The van der Waals surface area contributed by atoms with Crippen LogP contribution in [0, 0.1) is 0 Å². The maximum atomic E-state index is 11.7. The highest BCUT2D eigenvalue weighted by Gasteiger charge is 2.08. The molecule has 6 nitrogen and oxygen atoms in total. The largest absolute Gasteiger partial charge is 0.385 e. The Balaban J connectivity index is 2.24. The number of H-pyrrole nitrogens is 1. The van der Waals surface area contributed by atoms with E-state index in [1.165, 1.54) is 6.07 Å². The second kappa shape index (κ2) is 6.47. The van der Waals surface area contributed by atoms with Gasteiger partial charge in [-0.25, -0.2) is 4.98 Å². The third kappa shape index (κ3) is 3.54. The summed E-state index contributed by atoms with van der Waals surface area (Å²) in [6.07, 6.45) is 5.18. The molecule has 0 atom stereocenters. The minimum atomic E-state index is -0.139. The Kier molecular flexibility index (Phi) is 4.68. The van der Waals surface area contributed by atoms with E-state index in [9.17, 15) is 4.79 Å². The van der Waals surface area contributed by atoms with Crippen molar-refractivity contribution in [3.8, 4) is 11.4 Å². The molecule has 6 heteroatoms. The van der Waals surface area contributed by atoms with Crippen molar-refractivity contribution in [2.75, 3.05) is 13.7 Å². The molecule has 0 saturated heterocycles. The molecule has 0 amide bonds. The molecule has 1 N–H and O–H groups in total. The van der Waals surface area contributed by atoms with Gasteiger partial charge < -0.3 is 9.72 Å². The lowest BCUT2D eigenvalue weighted by atomic mass is 10.2. The highest BCUT2D eigenvalue weighted by Crippen LogP contribution is 2.15. The van der Waals surface area contributed by atoms with Crippen LogP contribution in [0.25, 0.3) is 11.4 Å². The summed E-state index contributed by atoms with van der Waals surface area (Å²) in [6, 6.07) is 1.81. The molecule has 2 aromatic heterocycles. The molecule has 2 heterocycles. The van der Waals surface area contributed by atoms with Gasteiger partial charge in [-0.3, -0.25) is 9.48 Å². The number of aryl methyl sites for hydroxylation is 1. The predicted octanol–water partition coefficient (Wildman–Crippen LogP) is 1.79. The van der Waals surface area contributed by atoms with Crippen molar-refractivity contribution in [2.45, 2.75) is 32.7 Å². The lowest BCUT2D eigenvalue weighted by molar-refractivity contribution is 0.195. The van der Waals surface area contributed by atoms with Crippen molar-refractivity contribution in [1.29, 1.82) is 0 Å². The van der Waals surface area contributed by atoms with Crippen molar-refractivity contribution >= 4 is 0 Å². The van der Waals surface area contributed by atoms with Crippen LogP contribution in [0.1, 0.15) is 32.0 Å². The molecule has 0 aliphatic carbocycles. The first-order valence-electron chi connectivity index (χ1n) is 6.74. The smallest absolute Gasteiger partial charge is 0.251 e. The number of aromatic nitrogens is 4. The Hall–Kier alpha value is -1.95. The number of nitrogens with one attached hydrogen (secondary N) is 1. The van der Waals surface area contributed by atoms with E-state index >= 15 is 0 Å². The fourth-order valence-electron chi connectivity index (χ4n) is 1.91. The molecule has 0 saturated carbocycles. The van der Waals surface area contributed by atoms with Crippen LogP contribution in [-0.2, 0) is 11.2 Å². The van der Waals surface area contributed by atoms with E-state index in [0.717, 1.165) is 24.1 Å². The molecule has 0 spiro atoms. The summed E-state index contributed by atoms with van der Waals surface area (Å²) in [7, 11) is 1.66. The zero-order valence-corrected chi connectivity index (χ0v) is 12.1. The summed E-state index contributed by atoms with van der Waals surface area (Å²) in [4.78, 5) is 18.9. The van der Waals surface area contributed by atoms with Gasteiger partial charge in [0, 0.05) is 37.7 Å². The van der Waals surface area contributed by atoms with Gasteiger partial charge in [0.2, 0.25) is 0 Å². The molecule has 20 heavy (non-hydrogen) atoms. The maximum Gasteiger partial charge on any atom is 0.251 e. The van der Waals surface area contributed by atoms with E-state index in [1.807, 2.05) is 24.7 Å².